The molecule has 0 bridgehead atoms. The summed E-state index contributed by atoms with van der Waals surface area (Å²) in [4.78, 5) is 29.2. The molecule has 2 atom stereocenters. The Hall–Kier alpha value is -3.53. The summed E-state index contributed by atoms with van der Waals surface area (Å²) in [6.45, 7) is 0.869. The number of nitrogens with one attached hydrogen (secondary N) is 1. The Labute approximate surface area is 237 Å². The van der Waals surface area contributed by atoms with Gasteiger partial charge in [0.05, 0.1) is 18.9 Å². The average Bonchev–Trinajstić information content (AvgIpc) is 3.48. The summed E-state index contributed by atoms with van der Waals surface area (Å²) in [6.07, 6.45) is 3.16. The Morgan fingerprint density at radius 2 is 1.43 bits per heavy atom. The number of nitrogens with zero attached hydrogens (tertiary/aromatic N) is 2. The summed E-state index contributed by atoms with van der Waals surface area (Å²) >= 11 is 0. The Kier molecular flexibility index (Phi) is 10.5. The number of amides is 2. The third-order valence-corrected chi connectivity index (χ3v) is 8.17. The quantitative estimate of drug-likeness (QED) is 0.344. The van der Waals surface area contributed by atoms with E-state index in [2.05, 4.69) is 5.32 Å². The van der Waals surface area contributed by atoms with Gasteiger partial charge in [-0.2, -0.15) is 4.31 Å². The van der Waals surface area contributed by atoms with Gasteiger partial charge in [-0.15, -0.1) is 0 Å². The van der Waals surface area contributed by atoms with Gasteiger partial charge < -0.3 is 15.0 Å². The van der Waals surface area contributed by atoms with Crippen LogP contribution in [0.4, 0.5) is 0 Å². The molecule has 0 aromatic heterocycles. The third kappa shape index (κ3) is 8.74. The molecule has 3 aromatic rings. The van der Waals surface area contributed by atoms with Gasteiger partial charge in [-0.05, 0) is 29.5 Å². The molecular formula is C31H37N3O5S. The number of carbonyl (C=O) groups excluding carboxylic acids is 2. The van der Waals surface area contributed by atoms with E-state index in [1.165, 1.54) is 4.90 Å². The highest BCUT2D eigenvalue weighted by molar-refractivity contribution is 7.88. The first-order valence-electron chi connectivity index (χ1n) is 13.6. The van der Waals surface area contributed by atoms with Gasteiger partial charge in [-0.3, -0.25) is 9.59 Å². The normalized spacial score (nSPS) is 16.0. The monoisotopic (exact) mass is 563 g/mol. The molecule has 4 rings (SSSR count). The van der Waals surface area contributed by atoms with E-state index in [1.807, 2.05) is 91.0 Å². The van der Waals surface area contributed by atoms with Gasteiger partial charge in [0.2, 0.25) is 21.8 Å². The van der Waals surface area contributed by atoms with E-state index in [-0.39, 0.29) is 38.1 Å². The van der Waals surface area contributed by atoms with Crippen molar-refractivity contribution >= 4 is 21.8 Å². The second-order valence-electron chi connectivity index (χ2n) is 10.1. The molecule has 3 aromatic carbocycles. The van der Waals surface area contributed by atoms with Crippen LogP contribution in [0.5, 0.6) is 0 Å². The van der Waals surface area contributed by atoms with Crippen LogP contribution in [0.2, 0.25) is 0 Å². The lowest BCUT2D eigenvalue weighted by atomic mass is 10.0. The van der Waals surface area contributed by atoms with E-state index in [0.29, 0.717) is 13.2 Å². The van der Waals surface area contributed by atoms with Crippen molar-refractivity contribution in [3.05, 3.63) is 108 Å². The van der Waals surface area contributed by atoms with Crippen LogP contribution in [0.3, 0.4) is 0 Å². The zero-order chi connectivity index (χ0) is 28.4. The first-order valence-corrected chi connectivity index (χ1v) is 15.4. The highest BCUT2D eigenvalue weighted by atomic mass is 32.2. The van der Waals surface area contributed by atoms with Crippen LogP contribution in [0.15, 0.2) is 91.0 Å². The van der Waals surface area contributed by atoms with E-state index in [1.54, 1.807) is 0 Å². The van der Waals surface area contributed by atoms with Crippen molar-refractivity contribution in [2.45, 2.75) is 44.5 Å². The highest BCUT2D eigenvalue weighted by Crippen LogP contribution is 2.18. The standard InChI is InChI=1S/C31H37N3O5S/c1-40(37,38)33(22-26-14-7-3-8-15-26)24-30(35)34(23-27-16-9-4-10-17-27)29(20-25-12-5-2-6-13-25)31(36)32-21-28-18-11-19-39-28/h2-10,12-17,28-29H,11,18-24H2,1H3,(H,32,36)/t28-,29+/m0/s1. The van der Waals surface area contributed by atoms with Crippen molar-refractivity contribution in [2.24, 2.45) is 0 Å². The fourth-order valence-corrected chi connectivity index (χ4v) is 5.52. The maximum atomic E-state index is 14.0. The van der Waals surface area contributed by atoms with Gasteiger partial charge in [-0.25, -0.2) is 8.42 Å². The lowest BCUT2D eigenvalue weighted by molar-refractivity contribution is -0.141. The summed E-state index contributed by atoms with van der Waals surface area (Å²) in [7, 11) is -3.72. The molecule has 1 N–H and O–H groups in total. The Bertz CT molecular complexity index is 1330. The van der Waals surface area contributed by atoms with Crippen molar-refractivity contribution in [1.29, 1.82) is 0 Å². The summed E-state index contributed by atoms with van der Waals surface area (Å²) in [6, 6.07) is 27.2. The highest BCUT2D eigenvalue weighted by Gasteiger charge is 2.33. The SMILES string of the molecule is CS(=O)(=O)N(CC(=O)N(Cc1ccccc1)[C@H](Cc1ccccc1)C(=O)NC[C@@H]1CCCO1)Cc1ccccc1. The second kappa shape index (κ2) is 14.2. The lowest BCUT2D eigenvalue weighted by Crippen LogP contribution is -2.53. The van der Waals surface area contributed by atoms with Crippen LogP contribution in [0.1, 0.15) is 29.5 Å². The molecule has 1 fully saturated rings. The molecule has 0 saturated carbocycles. The van der Waals surface area contributed by atoms with Crippen molar-refractivity contribution < 1.29 is 22.7 Å². The van der Waals surface area contributed by atoms with E-state index in [0.717, 1.165) is 40.1 Å². The van der Waals surface area contributed by atoms with E-state index >= 15 is 0 Å². The average molecular weight is 564 g/mol. The van der Waals surface area contributed by atoms with Gasteiger partial charge in [-0.1, -0.05) is 91.0 Å². The van der Waals surface area contributed by atoms with Gasteiger partial charge in [0.25, 0.3) is 0 Å². The van der Waals surface area contributed by atoms with Crippen LogP contribution < -0.4 is 5.32 Å². The molecule has 1 heterocycles. The summed E-state index contributed by atoms with van der Waals surface area (Å²) in [5, 5.41) is 3.00. The first-order chi connectivity index (χ1) is 19.3. The lowest BCUT2D eigenvalue weighted by Gasteiger charge is -2.33. The minimum atomic E-state index is -3.72. The van der Waals surface area contributed by atoms with Crippen molar-refractivity contribution in [1.82, 2.24) is 14.5 Å². The minimum absolute atomic E-state index is 0.0498. The maximum absolute atomic E-state index is 14.0. The Balaban J connectivity index is 1.63. The van der Waals surface area contributed by atoms with E-state index in [9.17, 15) is 18.0 Å². The molecule has 1 aliphatic heterocycles. The molecule has 0 spiro atoms. The molecular weight excluding hydrogens is 526 g/mol. The summed E-state index contributed by atoms with van der Waals surface area (Å²) in [5.74, 6) is -0.740. The smallest absolute Gasteiger partial charge is 0.243 e. The van der Waals surface area contributed by atoms with Crippen LogP contribution in [0.25, 0.3) is 0 Å². The van der Waals surface area contributed by atoms with Gasteiger partial charge in [0.15, 0.2) is 0 Å². The molecule has 212 valence electrons. The van der Waals surface area contributed by atoms with E-state index in [4.69, 9.17) is 4.74 Å². The predicted molar refractivity (Wildman–Crippen MR) is 155 cm³/mol. The van der Waals surface area contributed by atoms with Crippen LogP contribution in [-0.4, -0.2) is 67.5 Å². The second-order valence-corrected chi connectivity index (χ2v) is 12.1. The fraction of sp³-hybridized carbons (Fsp3) is 0.355. The van der Waals surface area contributed by atoms with Crippen LogP contribution in [-0.2, 0) is 43.9 Å². The third-order valence-electron chi connectivity index (χ3n) is 6.98. The van der Waals surface area contributed by atoms with Gasteiger partial charge >= 0.3 is 0 Å². The molecule has 0 unspecified atom stereocenters. The van der Waals surface area contributed by atoms with E-state index < -0.39 is 22.0 Å². The first kappa shape index (κ1) is 29.5. The van der Waals surface area contributed by atoms with Crippen LogP contribution in [0, 0.1) is 0 Å². The summed E-state index contributed by atoms with van der Waals surface area (Å²) < 4.78 is 32.4. The molecule has 0 radical (unpaired) electrons. The molecule has 0 aliphatic carbocycles. The number of ether oxygens (including phenoxy) is 1. The molecule has 1 saturated heterocycles. The van der Waals surface area contributed by atoms with Crippen molar-refractivity contribution in [2.75, 3.05) is 26.0 Å². The zero-order valence-corrected chi connectivity index (χ0v) is 23.6. The zero-order valence-electron chi connectivity index (χ0n) is 22.8. The molecule has 40 heavy (non-hydrogen) atoms. The molecule has 1 aliphatic rings. The topological polar surface area (TPSA) is 96.0 Å². The fourth-order valence-electron chi connectivity index (χ4n) is 4.79. The minimum Gasteiger partial charge on any atom is -0.376 e. The number of hydrogen-bond donors (Lipinski definition) is 1. The number of sulfonamides is 1. The summed E-state index contributed by atoms with van der Waals surface area (Å²) in [5.41, 5.74) is 2.51. The largest absolute Gasteiger partial charge is 0.376 e. The number of hydrogen-bond acceptors (Lipinski definition) is 5. The van der Waals surface area contributed by atoms with Crippen LogP contribution >= 0.6 is 0 Å². The molecule has 9 heteroatoms. The Morgan fingerprint density at radius 3 is 1.95 bits per heavy atom. The number of rotatable bonds is 13. The predicted octanol–water partition coefficient (Wildman–Crippen LogP) is 3.38. The van der Waals surface area contributed by atoms with Crippen molar-refractivity contribution in [3.8, 4) is 0 Å². The van der Waals surface area contributed by atoms with Gasteiger partial charge in [0.1, 0.15) is 6.04 Å². The molecule has 8 nitrogen and oxygen atoms in total. The Morgan fingerprint density at radius 1 is 0.875 bits per heavy atom. The maximum Gasteiger partial charge on any atom is 0.243 e. The number of benzene rings is 3. The molecule has 2 amide bonds. The van der Waals surface area contributed by atoms with Crippen molar-refractivity contribution in [3.63, 3.8) is 0 Å². The number of carbonyl (C=O) groups is 2. The van der Waals surface area contributed by atoms with Gasteiger partial charge in [0, 0.05) is 32.7 Å².